The predicted molar refractivity (Wildman–Crippen MR) is 95.6 cm³/mol. The van der Waals surface area contributed by atoms with Gasteiger partial charge in [-0.05, 0) is 24.1 Å². The van der Waals surface area contributed by atoms with Gasteiger partial charge in [0, 0.05) is 60.8 Å². The fraction of sp³-hybridized carbons (Fsp3) is 0.375. The SMILES string of the molecule is COCCc1nsc(NCCc2cn(C)c3cc(Cl)ccc23)n1. The van der Waals surface area contributed by atoms with Crippen LogP contribution in [-0.2, 0) is 24.6 Å². The summed E-state index contributed by atoms with van der Waals surface area (Å²) in [4.78, 5) is 4.45. The number of fused-ring (bicyclic) bond motifs is 1. The first-order valence-electron chi connectivity index (χ1n) is 7.46. The Morgan fingerprint density at radius 3 is 3.04 bits per heavy atom. The van der Waals surface area contributed by atoms with Crippen molar-refractivity contribution in [2.45, 2.75) is 12.8 Å². The summed E-state index contributed by atoms with van der Waals surface area (Å²) in [6, 6.07) is 6.02. The number of rotatable bonds is 7. The summed E-state index contributed by atoms with van der Waals surface area (Å²) in [5.74, 6) is 0.833. The Labute approximate surface area is 144 Å². The number of aromatic nitrogens is 3. The van der Waals surface area contributed by atoms with Crippen LogP contribution in [0.15, 0.2) is 24.4 Å². The van der Waals surface area contributed by atoms with Crippen LogP contribution in [0.3, 0.4) is 0 Å². The largest absolute Gasteiger partial charge is 0.384 e. The number of benzene rings is 1. The molecule has 0 unspecified atom stereocenters. The summed E-state index contributed by atoms with van der Waals surface area (Å²) in [6.07, 6.45) is 3.83. The lowest BCUT2D eigenvalue weighted by atomic mass is 10.1. The first-order chi connectivity index (χ1) is 11.2. The highest BCUT2D eigenvalue weighted by molar-refractivity contribution is 7.09. The topological polar surface area (TPSA) is 52.0 Å². The maximum Gasteiger partial charge on any atom is 0.202 e. The minimum absolute atomic E-state index is 0.648. The number of ether oxygens (including phenoxy) is 1. The van der Waals surface area contributed by atoms with E-state index in [0.29, 0.717) is 6.61 Å². The van der Waals surface area contributed by atoms with Gasteiger partial charge in [-0.3, -0.25) is 0 Å². The molecule has 2 heterocycles. The molecule has 0 fully saturated rings. The molecule has 1 aromatic carbocycles. The summed E-state index contributed by atoms with van der Waals surface area (Å²) >= 11 is 7.47. The van der Waals surface area contributed by atoms with E-state index in [9.17, 15) is 0 Å². The van der Waals surface area contributed by atoms with Crippen molar-refractivity contribution in [3.63, 3.8) is 0 Å². The van der Waals surface area contributed by atoms with Crippen LogP contribution in [-0.4, -0.2) is 34.2 Å². The lowest BCUT2D eigenvalue weighted by Crippen LogP contribution is -2.04. The highest BCUT2D eigenvalue weighted by Gasteiger charge is 2.08. The third-order valence-electron chi connectivity index (χ3n) is 3.70. The molecule has 1 N–H and O–H groups in total. The van der Waals surface area contributed by atoms with Crippen LogP contribution in [0.25, 0.3) is 10.9 Å². The molecule has 0 saturated carbocycles. The molecule has 2 aromatic heterocycles. The van der Waals surface area contributed by atoms with Crippen LogP contribution in [0.4, 0.5) is 5.13 Å². The van der Waals surface area contributed by atoms with Crippen molar-refractivity contribution in [2.75, 3.05) is 25.6 Å². The monoisotopic (exact) mass is 350 g/mol. The molecule has 0 aliphatic rings. The second kappa shape index (κ2) is 7.29. The van der Waals surface area contributed by atoms with Gasteiger partial charge < -0.3 is 14.6 Å². The van der Waals surface area contributed by atoms with Crippen LogP contribution < -0.4 is 5.32 Å². The highest BCUT2D eigenvalue weighted by Crippen LogP contribution is 2.24. The maximum atomic E-state index is 6.07. The molecule has 0 bridgehead atoms. The van der Waals surface area contributed by atoms with E-state index in [1.54, 1.807) is 7.11 Å². The Balaban J connectivity index is 1.61. The molecule has 122 valence electrons. The summed E-state index contributed by atoms with van der Waals surface area (Å²) < 4.78 is 11.5. The van der Waals surface area contributed by atoms with E-state index in [2.05, 4.69) is 31.5 Å². The van der Waals surface area contributed by atoms with Crippen LogP contribution in [0.2, 0.25) is 5.02 Å². The third kappa shape index (κ3) is 3.83. The Kier molecular flexibility index (Phi) is 5.15. The van der Waals surface area contributed by atoms with Crippen LogP contribution in [0.5, 0.6) is 0 Å². The Bertz CT molecular complexity index is 799. The molecule has 0 saturated heterocycles. The molecule has 0 amide bonds. The highest BCUT2D eigenvalue weighted by atomic mass is 35.5. The van der Waals surface area contributed by atoms with Gasteiger partial charge in [0.05, 0.1) is 6.61 Å². The molecular formula is C16H19ClN4OS. The number of anilines is 1. The van der Waals surface area contributed by atoms with Gasteiger partial charge in [-0.1, -0.05) is 17.7 Å². The molecule has 7 heteroatoms. The molecule has 3 rings (SSSR count). The van der Waals surface area contributed by atoms with Crippen molar-refractivity contribution in [1.29, 1.82) is 0 Å². The number of nitrogens with zero attached hydrogens (tertiary/aromatic N) is 3. The predicted octanol–water partition coefficient (Wildman–Crippen LogP) is 3.53. The van der Waals surface area contributed by atoms with Crippen molar-refractivity contribution in [1.82, 2.24) is 13.9 Å². The fourth-order valence-electron chi connectivity index (χ4n) is 2.56. The maximum absolute atomic E-state index is 6.07. The van der Waals surface area contributed by atoms with E-state index in [-0.39, 0.29) is 0 Å². The summed E-state index contributed by atoms with van der Waals surface area (Å²) in [5, 5.41) is 6.22. The smallest absolute Gasteiger partial charge is 0.202 e. The number of aryl methyl sites for hydroxylation is 1. The summed E-state index contributed by atoms with van der Waals surface area (Å²) in [7, 11) is 3.73. The van der Waals surface area contributed by atoms with Gasteiger partial charge in [0.25, 0.3) is 0 Å². The zero-order valence-electron chi connectivity index (χ0n) is 13.2. The lowest BCUT2D eigenvalue weighted by molar-refractivity contribution is 0.201. The Morgan fingerprint density at radius 1 is 1.35 bits per heavy atom. The Morgan fingerprint density at radius 2 is 2.22 bits per heavy atom. The molecule has 0 aliphatic carbocycles. The average Bonchev–Trinajstić information content (AvgIpc) is 3.11. The molecule has 0 atom stereocenters. The van der Waals surface area contributed by atoms with Gasteiger partial charge in [-0.2, -0.15) is 4.37 Å². The van der Waals surface area contributed by atoms with Crippen molar-refractivity contribution < 1.29 is 4.74 Å². The number of methoxy groups -OCH3 is 1. The molecule has 0 aliphatic heterocycles. The van der Waals surface area contributed by atoms with Crippen molar-refractivity contribution in [3.05, 3.63) is 40.8 Å². The van der Waals surface area contributed by atoms with Crippen molar-refractivity contribution >= 4 is 39.2 Å². The average molecular weight is 351 g/mol. The molecule has 0 radical (unpaired) electrons. The van der Waals surface area contributed by atoms with Gasteiger partial charge >= 0.3 is 0 Å². The minimum atomic E-state index is 0.648. The van der Waals surface area contributed by atoms with Crippen LogP contribution in [0.1, 0.15) is 11.4 Å². The Hall–Kier alpha value is -1.63. The normalized spacial score (nSPS) is 11.3. The van der Waals surface area contributed by atoms with Crippen molar-refractivity contribution in [3.8, 4) is 0 Å². The second-order valence-electron chi connectivity index (χ2n) is 5.36. The van der Waals surface area contributed by atoms with Gasteiger partial charge in [0.2, 0.25) is 5.13 Å². The van der Waals surface area contributed by atoms with E-state index < -0.39 is 0 Å². The van der Waals surface area contributed by atoms with E-state index >= 15 is 0 Å². The van der Waals surface area contributed by atoms with Gasteiger partial charge in [-0.25, -0.2) is 4.98 Å². The van der Waals surface area contributed by atoms with E-state index in [1.165, 1.54) is 22.5 Å². The van der Waals surface area contributed by atoms with Gasteiger partial charge in [0.1, 0.15) is 5.82 Å². The summed E-state index contributed by atoms with van der Waals surface area (Å²) in [5.41, 5.74) is 2.46. The first-order valence-corrected chi connectivity index (χ1v) is 8.61. The van der Waals surface area contributed by atoms with Crippen LogP contribution in [0, 0.1) is 0 Å². The van der Waals surface area contributed by atoms with E-state index in [0.717, 1.165) is 40.9 Å². The second-order valence-corrected chi connectivity index (χ2v) is 6.55. The molecule has 23 heavy (non-hydrogen) atoms. The van der Waals surface area contributed by atoms with E-state index in [4.69, 9.17) is 16.3 Å². The quantitative estimate of drug-likeness (QED) is 0.708. The third-order valence-corrected chi connectivity index (χ3v) is 4.65. The standard InChI is InChI=1S/C16H19ClN4OS/c1-21-10-11(13-4-3-12(17)9-14(13)21)5-7-18-16-19-15(20-23-16)6-8-22-2/h3-4,9-10H,5-8H2,1-2H3,(H,18,19,20). The molecular weight excluding hydrogens is 332 g/mol. The fourth-order valence-corrected chi connectivity index (χ4v) is 3.37. The van der Waals surface area contributed by atoms with Gasteiger partial charge in [-0.15, -0.1) is 0 Å². The summed E-state index contributed by atoms with van der Waals surface area (Å²) in [6.45, 7) is 1.47. The number of halogens is 1. The number of hydrogen-bond donors (Lipinski definition) is 1. The molecule has 0 spiro atoms. The molecule has 3 aromatic rings. The van der Waals surface area contributed by atoms with Crippen molar-refractivity contribution in [2.24, 2.45) is 7.05 Å². The minimum Gasteiger partial charge on any atom is -0.384 e. The van der Waals surface area contributed by atoms with Gasteiger partial charge in [0.15, 0.2) is 0 Å². The molecule has 5 nitrogen and oxygen atoms in total. The van der Waals surface area contributed by atoms with Crippen LogP contribution >= 0.6 is 23.1 Å². The lowest BCUT2D eigenvalue weighted by Gasteiger charge is -2.01. The number of nitrogens with one attached hydrogen (secondary N) is 1. The number of hydrogen-bond acceptors (Lipinski definition) is 5. The zero-order chi connectivity index (χ0) is 16.2. The van der Waals surface area contributed by atoms with E-state index in [1.807, 2.05) is 19.2 Å². The zero-order valence-corrected chi connectivity index (χ0v) is 14.7. The first kappa shape index (κ1) is 16.2.